The number of halogens is 3. The van der Waals surface area contributed by atoms with Gasteiger partial charge in [-0.3, -0.25) is 9.69 Å². The number of hydrogen-bond acceptors (Lipinski definition) is 3. The number of fused-ring (bicyclic) bond motifs is 3. The Morgan fingerprint density at radius 1 is 1.28 bits per heavy atom. The Morgan fingerprint density at radius 3 is 2.68 bits per heavy atom. The molecule has 3 saturated heterocycles. The summed E-state index contributed by atoms with van der Waals surface area (Å²) in [6, 6.07) is 2.83. The number of hydrogen-bond donors (Lipinski definition) is 0. The van der Waals surface area contributed by atoms with Gasteiger partial charge in [0.2, 0.25) is 0 Å². The Labute approximate surface area is 153 Å². The molecule has 3 aliphatic heterocycles. The lowest BCUT2D eigenvalue weighted by molar-refractivity contribution is -0.0273. The maximum absolute atomic E-state index is 14.2. The van der Waals surface area contributed by atoms with Crippen molar-refractivity contribution in [1.29, 1.82) is 0 Å². The zero-order chi connectivity index (χ0) is 17.3. The molecule has 0 radical (unpaired) electrons. The summed E-state index contributed by atoms with van der Waals surface area (Å²) in [6.07, 6.45) is 5.28. The number of carbonyl (C=O) groups is 1. The monoisotopic (exact) mass is 381 g/mol. The zero-order valence-corrected chi connectivity index (χ0v) is 15.2. The standard InChI is InChI=1S/C19H18ClF2NOS/c20-16-13(21)7-11-8-15(25-18(11)17(16)22)14(24)9-12-10-1-5-23(6-2-10)19(12)3-4-19/h7-8,10,12H,1-6,9H2/t12-/m1/s1. The molecular weight excluding hydrogens is 364 g/mol. The Balaban J connectivity index is 1.45. The van der Waals surface area contributed by atoms with Crippen molar-refractivity contribution in [2.45, 2.75) is 37.6 Å². The SMILES string of the molecule is O=C(C[C@@H]1C2CCN(CC2)C12CC2)c1cc2cc(F)c(Cl)c(F)c2s1. The zero-order valence-electron chi connectivity index (χ0n) is 13.7. The van der Waals surface area contributed by atoms with Gasteiger partial charge in [-0.2, -0.15) is 0 Å². The van der Waals surface area contributed by atoms with Crippen LogP contribution in [-0.2, 0) is 0 Å². The van der Waals surface area contributed by atoms with E-state index in [-0.39, 0.29) is 16.0 Å². The molecule has 0 N–H and O–H groups in total. The van der Waals surface area contributed by atoms with Crippen LogP contribution in [0.1, 0.15) is 41.8 Å². The van der Waals surface area contributed by atoms with Crippen LogP contribution in [0, 0.1) is 23.5 Å². The van der Waals surface area contributed by atoms with Crippen LogP contribution in [-0.4, -0.2) is 29.3 Å². The predicted molar refractivity (Wildman–Crippen MR) is 95.5 cm³/mol. The van der Waals surface area contributed by atoms with E-state index in [0.717, 1.165) is 11.3 Å². The van der Waals surface area contributed by atoms with Crippen LogP contribution in [0.5, 0.6) is 0 Å². The van der Waals surface area contributed by atoms with Gasteiger partial charge in [0.15, 0.2) is 11.6 Å². The van der Waals surface area contributed by atoms with Crippen molar-refractivity contribution in [1.82, 2.24) is 4.90 Å². The highest BCUT2D eigenvalue weighted by Gasteiger charge is 2.60. The number of carbonyl (C=O) groups excluding carboxylic acids is 1. The van der Waals surface area contributed by atoms with Crippen LogP contribution in [0.2, 0.25) is 5.02 Å². The number of benzene rings is 1. The van der Waals surface area contributed by atoms with Gasteiger partial charge in [0.25, 0.3) is 0 Å². The molecule has 4 fully saturated rings. The highest BCUT2D eigenvalue weighted by molar-refractivity contribution is 7.20. The highest BCUT2D eigenvalue weighted by Crippen LogP contribution is 2.58. The second-order valence-corrected chi connectivity index (χ2v) is 9.11. The summed E-state index contributed by atoms with van der Waals surface area (Å²) in [5.74, 6) is -0.436. The lowest BCUT2D eigenvalue weighted by Crippen LogP contribution is -2.57. The van der Waals surface area contributed by atoms with Gasteiger partial charge in [-0.15, -0.1) is 11.3 Å². The van der Waals surface area contributed by atoms with Gasteiger partial charge in [0.1, 0.15) is 10.8 Å². The van der Waals surface area contributed by atoms with Gasteiger partial charge >= 0.3 is 0 Å². The molecule has 1 atom stereocenters. The summed E-state index contributed by atoms with van der Waals surface area (Å²) in [7, 11) is 0. The van der Waals surface area contributed by atoms with Crippen LogP contribution in [0.15, 0.2) is 12.1 Å². The molecule has 4 aliphatic rings. The fourth-order valence-corrected chi connectivity index (χ4v) is 6.35. The first kappa shape index (κ1) is 16.2. The smallest absolute Gasteiger partial charge is 0.173 e. The topological polar surface area (TPSA) is 20.3 Å². The first-order valence-electron chi connectivity index (χ1n) is 8.85. The molecule has 1 saturated carbocycles. The molecule has 6 heteroatoms. The molecule has 0 unspecified atom stereocenters. The van der Waals surface area contributed by atoms with E-state index in [4.69, 9.17) is 11.6 Å². The third kappa shape index (κ3) is 2.32. The molecule has 2 bridgehead atoms. The fourth-order valence-electron chi connectivity index (χ4n) is 5.12. The van der Waals surface area contributed by atoms with E-state index < -0.39 is 16.7 Å². The van der Waals surface area contributed by atoms with Crippen molar-refractivity contribution >= 4 is 38.8 Å². The van der Waals surface area contributed by atoms with E-state index in [0.29, 0.717) is 28.5 Å². The summed E-state index contributed by atoms with van der Waals surface area (Å²) >= 11 is 6.75. The van der Waals surface area contributed by atoms with E-state index in [9.17, 15) is 13.6 Å². The van der Waals surface area contributed by atoms with Crippen LogP contribution in [0.25, 0.3) is 10.1 Å². The van der Waals surface area contributed by atoms with Crippen molar-refractivity contribution in [2.75, 3.05) is 13.1 Å². The lowest BCUT2D eigenvalue weighted by atomic mass is 9.70. The van der Waals surface area contributed by atoms with Crippen molar-refractivity contribution in [3.63, 3.8) is 0 Å². The number of nitrogens with zero attached hydrogens (tertiary/aromatic N) is 1. The quantitative estimate of drug-likeness (QED) is 0.532. The number of piperidine rings is 3. The third-order valence-corrected chi connectivity index (χ3v) is 8.05. The maximum Gasteiger partial charge on any atom is 0.173 e. The van der Waals surface area contributed by atoms with Gasteiger partial charge in [-0.05, 0) is 68.1 Å². The summed E-state index contributed by atoms with van der Waals surface area (Å²) in [4.78, 5) is 16.0. The molecule has 1 spiro atoms. The van der Waals surface area contributed by atoms with E-state index in [2.05, 4.69) is 4.90 Å². The van der Waals surface area contributed by atoms with Crippen molar-refractivity contribution < 1.29 is 13.6 Å². The summed E-state index contributed by atoms with van der Waals surface area (Å²) in [5, 5.41) is -0.0783. The Kier molecular flexibility index (Phi) is 3.54. The Hall–Kier alpha value is -1.04. The summed E-state index contributed by atoms with van der Waals surface area (Å²) in [5.41, 5.74) is 0.258. The number of rotatable bonds is 3. The Bertz CT molecular complexity index is 883. The fraction of sp³-hybridized carbons (Fsp3) is 0.526. The number of ketones is 1. The highest BCUT2D eigenvalue weighted by atomic mass is 35.5. The van der Waals surface area contributed by atoms with Crippen LogP contribution in [0.3, 0.4) is 0 Å². The van der Waals surface area contributed by atoms with E-state index in [1.807, 2.05) is 0 Å². The van der Waals surface area contributed by atoms with Gasteiger partial charge in [-0.25, -0.2) is 8.78 Å². The third-order valence-electron chi connectivity index (χ3n) is 6.52. The van der Waals surface area contributed by atoms with Crippen LogP contribution < -0.4 is 0 Å². The average molecular weight is 382 g/mol. The van der Waals surface area contributed by atoms with Gasteiger partial charge in [0.05, 0.1) is 9.58 Å². The molecule has 2 nitrogen and oxygen atoms in total. The van der Waals surface area contributed by atoms with Gasteiger partial charge in [-0.1, -0.05) is 11.6 Å². The average Bonchev–Trinajstić information content (AvgIpc) is 3.27. The number of thiophene rings is 1. The van der Waals surface area contributed by atoms with Crippen LogP contribution in [0.4, 0.5) is 8.78 Å². The number of Topliss-reactive ketones (excluding diaryl/α,β-unsaturated/α-hetero) is 1. The molecule has 6 rings (SSSR count). The van der Waals surface area contributed by atoms with E-state index in [1.165, 1.54) is 44.8 Å². The molecule has 4 heterocycles. The molecule has 25 heavy (non-hydrogen) atoms. The van der Waals surface area contributed by atoms with Crippen LogP contribution >= 0.6 is 22.9 Å². The molecule has 0 amide bonds. The van der Waals surface area contributed by atoms with Crippen molar-refractivity contribution in [3.8, 4) is 0 Å². The minimum absolute atomic E-state index is 0.0576. The second kappa shape index (κ2) is 5.48. The predicted octanol–water partition coefficient (Wildman–Crippen LogP) is 5.28. The summed E-state index contributed by atoms with van der Waals surface area (Å²) in [6.45, 7) is 2.34. The first-order valence-corrected chi connectivity index (χ1v) is 10.0. The molecule has 1 aromatic carbocycles. The minimum atomic E-state index is -0.780. The largest absolute Gasteiger partial charge is 0.297 e. The van der Waals surface area contributed by atoms with E-state index >= 15 is 0 Å². The molecule has 1 aromatic heterocycles. The normalized spacial score (nSPS) is 29.5. The molecule has 132 valence electrons. The maximum atomic E-state index is 14.2. The first-order chi connectivity index (χ1) is 12.0. The molecule has 2 aromatic rings. The van der Waals surface area contributed by atoms with Crippen molar-refractivity contribution in [2.24, 2.45) is 11.8 Å². The van der Waals surface area contributed by atoms with Gasteiger partial charge in [0, 0.05) is 12.0 Å². The second-order valence-electron chi connectivity index (χ2n) is 7.68. The Morgan fingerprint density at radius 2 is 2.00 bits per heavy atom. The van der Waals surface area contributed by atoms with Crippen molar-refractivity contribution in [3.05, 3.63) is 33.7 Å². The van der Waals surface area contributed by atoms with E-state index in [1.54, 1.807) is 6.07 Å². The lowest BCUT2D eigenvalue weighted by Gasteiger charge is -2.52. The minimum Gasteiger partial charge on any atom is -0.297 e. The van der Waals surface area contributed by atoms with Gasteiger partial charge < -0.3 is 0 Å². The molecular formula is C19H18ClF2NOS. The molecule has 1 aliphatic carbocycles. The summed E-state index contributed by atoms with van der Waals surface area (Å²) < 4.78 is 28.1.